The standard InChI is InChI=1S/C6H14O3S/c1-4-6(3,5-2)9-10(7)8/h4-5H2,1-3H3,(H,7,8). The molecule has 0 aliphatic rings. The lowest BCUT2D eigenvalue weighted by Crippen LogP contribution is -2.27. The SMILES string of the molecule is CCC(C)(CC)OS(=O)O. The van der Waals surface area contributed by atoms with Crippen molar-refractivity contribution in [2.24, 2.45) is 0 Å². The predicted octanol–water partition coefficient (Wildman–Crippen LogP) is 1.72. The van der Waals surface area contributed by atoms with E-state index in [2.05, 4.69) is 0 Å². The molecule has 4 heteroatoms. The monoisotopic (exact) mass is 166 g/mol. The van der Waals surface area contributed by atoms with E-state index in [9.17, 15) is 4.21 Å². The van der Waals surface area contributed by atoms with Crippen LogP contribution in [0.4, 0.5) is 0 Å². The summed E-state index contributed by atoms with van der Waals surface area (Å²) in [5, 5.41) is 0. The van der Waals surface area contributed by atoms with E-state index in [4.69, 9.17) is 8.74 Å². The molecule has 0 saturated heterocycles. The van der Waals surface area contributed by atoms with Gasteiger partial charge in [0, 0.05) is 0 Å². The third-order valence-electron chi connectivity index (χ3n) is 1.77. The molecule has 0 amide bonds. The molecular formula is C6H14O3S. The van der Waals surface area contributed by atoms with Gasteiger partial charge in [-0.25, -0.2) is 0 Å². The van der Waals surface area contributed by atoms with Crippen LogP contribution in [-0.4, -0.2) is 14.4 Å². The minimum Gasteiger partial charge on any atom is -0.284 e. The van der Waals surface area contributed by atoms with Crippen molar-refractivity contribution < 1.29 is 12.9 Å². The summed E-state index contributed by atoms with van der Waals surface area (Å²) in [5.41, 5.74) is -0.445. The smallest absolute Gasteiger partial charge is 0.284 e. The Labute approximate surface area is 64.3 Å². The van der Waals surface area contributed by atoms with Crippen molar-refractivity contribution in [3.63, 3.8) is 0 Å². The van der Waals surface area contributed by atoms with E-state index in [-0.39, 0.29) is 0 Å². The van der Waals surface area contributed by atoms with Gasteiger partial charge in [-0.15, -0.1) is 0 Å². The largest absolute Gasteiger partial charge is 0.302 e. The van der Waals surface area contributed by atoms with Crippen molar-refractivity contribution >= 4 is 11.4 Å². The third kappa shape index (κ3) is 3.29. The molecule has 3 nitrogen and oxygen atoms in total. The predicted molar refractivity (Wildman–Crippen MR) is 40.8 cm³/mol. The van der Waals surface area contributed by atoms with Crippen molar-refractivity contribution in [1.82, 2.24) is 0 Å². The molecule has 0 aliphatic carbocycles. The molecule has 0 spiro atoms. The van der Waals surface area contributed by atoms with Crippen molar-refractivity contribution in [3.05, 3.63) is 0 Å². The van der Waals surface area contributed by atoms with Gasteiger partial charge < -0.3 is 0 Å². The summed E-state index contributed by atoms with van der Waals surface area (Å²) in [5.74, 6) is 0. The summed E-state index contributed by atoms with van der Waals surface area (Å²) < 4.78 is 23.4. The Hall–Kier alpha value is 0.0700. The molecule has 0 heterocycles. The molecule has 0 aromatic rings. The van der Waals surface area contributed by atoms with E-state index in [0.29, 0.717) is 0 Å². The summed E-state index contributed by atoms with van der Waals surface area (Å²) in [6.45, 7) is 5.67. The molecule has 0 aliphatic heterocycles. The molecule has 1 atom stereocenters. The van der Waals surface area contributed by atoms with Gasteiger partial charge in [0.2, 0.25) is 0 Å². The van der Waals surface area contributed by atoms with Gasteiger partial charge in [0.05, 0.1) is 5.60 Å². The Kier molecular flexibility index (Phi) is 4.08. The molecule has 0 fully saturated rings. The van der Waals surface area contributed by atoms with Crippen LogP contribution >= 0.6 is 0 Å². The number of hydrogen-bond acceptors (Lipinski definition) is 2. The highest BCUT2D eigenvalue weighted by Gasteiger charge is 2.22. The van der Waals surface area contributed by atoms with Crippen LogP contribution in [0.25, 0.3) is 0 Å². The van der Waals surface area contributed by atoms with E-state index in [1.54, 1.807) is 0 Å². The highest BCUT2D eigenvalue weighted by atomic mass is 32.2. The van der Waals surface area contributed by atoms with Gasteiger partial charge in [0.15, 0.2) is 0 Å². The van der Waals surface area contributed by atoms with Gasteiger partial charge in [0.1, 0.15) is 0 Å². The fourth-order valence-electron chi connectivity index (χ4n) is 0.540. The van der Waals surface area contributed by atoms with E-state index >= 15 is 0 Å². The molecular weight excluding hydrogens is 152 g/mol. The normalized spacial score (nSPS) is 15.2. The first-order valence-corrected chi connectivity index (χ1v) is 4.37. The van der Waals surface area contributed by atoms with E-state index < -0.39 is 17.0 Å². The van der Waals surface area contributed by atoms with Crippen LogP contribution in [0.5, 0.6) is 0 Å². The maximum atomic E-state index is 10.2. The van der Waals surface area contributed by atoms with Gasteiger partial charge in [-0.05, 0) is 19.8 Å². The summed E-state index contributed by atoms with van der Waals surface area (Å²) in [4.78, 5) is 0. The van der Waals surface area contributed by atoms with Crippen LogP contribution in [0.1, 0.15) is 33.6 Å². The molecule has 0 bridgehead atoms. The van der Waals surface area contributed by atoms with Crippen LogP contribution in [-0.2, 0) is 15.5 Å². The molecule has 62 valence electrons. The molecule has 10 heavy (non-hydrogen) atoms. The highest BCUT2D eigenvalue weighted by molar-refractivity contribution is 7.74. The molecule has 1 N–H and O–H groups in total. The molecule has 1 unspecified atom stereocenters. The highest BCUT2D eigenvalue weighted by Crippen LogP contribution is 2.19. The molecule has 0 saturated carbocycles. The van der Waals surface area contributed by atoms with Gasteiger partial charge in [0.25, 0.3) is 0 Å². The van der Waals surface area contributed by atoms with Crippen LogP contribution in [0.3, 0.4) is 0 Å². The van der Waals surface area contributed by atoms with Crippen molar-refractivity contribution in [1.29, 1.82) is 0 Å². The van der Waals surface area contributed by atoms with Crippen LogP contribution in [0.2, 0.25) is 0 Å². The Morgan fingerprint density at radius 3 is 2.00 bits per heavy atom. The quantitative estimate of drug-likeness (QED) is 0.647. The molecule has 0 aromatic heterocycles. The zero-order chi connectivity index (χ0) is 8.20. The Morgan fingerprint density at radius 2 is 1.90 bits per heavy atom. The Balaban J connectivity index is 3.92. The topological polar surface area (TPSA) is 46.5 Å². The minimum absolute atomic E-state index is 0.445. The first-order valence-electron chi connectivity index (χ1n) is 3.34. The van der Waals surface area contributed by atoms with E-state index in [1.807, 2.05) is 20.8 Å². The summed E-state index contributed by atoms with van der Waals surface area (Å²) in [6.07, 6.45) is 1.49. The van der Waals surface area contributed by atoms with E-state index in [0.717, 1.165) is 12.8 Å². The van der Waals surface area contributed by atoms with Crippen LogP contribution in [0, 0.1) is 0 Å². The van der Waals surface area contributed by atoms with Crippen molar-refractivity contribution in [2.75, 3.05) is 0 Å². The fourth-order valence-corrected chi connectivity index (χ4v) is 1.12. The number of rotatable bonds is 4. The fraction of sp³-hybridized carbons (Fsp3) is 1.00. The van der Waals surface area contributed by atoms with Crippen LogP contribution in [0.15, 0.2) is 0 Å². The average molecular weight is 166 g/mol. The minimum atomic E-state index is -2.13. The van der Waals surface area contributed by atoms with Crippen LogP contribution < -0.4 is 0 Å². The van der Waals surface area contributed by atoms with E-state index in [1.165, 1.54) is 0 Å². The zero-order valence-electron chi connectivity index (χ0n) is 6.59. The molecule has 0 rings (SSSR count). The van der Waals surface area contributed by atoms with Gasteiger partial charge >= 0.3 is 11.4 Å². The maximum absolute atomic E-state index is 10.2. The van der Waals surface area contributed by atoms with Gasteiger partial charge in [-0.3, -0.25) is 8.74 Å². The van der Waals surface area contributed by atoms with Gasteiger partial charge in [-0.2, -0.15) is 4.21 Å². The summed E-state index contributed by atoms with van der Waals surface area (Å²) in [7, 11) is 0. The first kappa shape index (κ1) is 10.1. The second-order valence-electron chi connectivity index (χ2n) is 2.46. The Bertz CT molecular complexity index is 120. The summed E-state index contributed by atoms with van der Waals surface area (Å²) >= 11 is -2.13. The van der Waals surface area contributed by atoms with Crippen molar-refractivity contribution in [2.45, 2.75) is 39.2 Å². The maximum Gasteiger partial charge on any atom is 0.302 e. The van der Waals surface area contributed by atoms with Gasteiger partial charge in [-0.1, -0.05) is 13.8 Å². The zero-order valence-corrected chi connectivity index (χ0v) is 7.40. The van der Waals surface area contributed by atoms with Crippen molar-refractivity contribution in [3.8, 4) is 0 Å². The summed E-state index contributed by atoms with van der Waals surface area (Å²) in [6, 6.07) is 0. The molecule has 0 aromatic carbocycles. The average Bonchev–Trinajstić information content (AvgIpc) is 1.87. The lowest BCUT2D eigenvalue weighted by atomic mass is 10.0. The lowest BCUT2D eigenvalue weighted by molar-refractivity contribution is 0.0857. The third-order valence-corrected chi connectivity index (χ3v) is 2.31. The number of hydrogen-bond donors (Lipinski definition) is 1. The second-order valence-corrected chi connectivity index (χ2v) is 3.06. The molecule has 0 radical (unpaired) electrons. The lowest BCUT2D eigenvalue weighted by Gasteiger charge is -2.23. The first-order chi connectivity index (χ1) is 4.54. The second kappa shape index (κ2) is 4.05. The Morgan fingerprint density at radius 1 is 1.50 bits per heavy atom.